The Bertz CT molecular complexity index is 1120. The molecule has 0 fully saturated rings. The molecule has 0 saturated carbocycles. The van der Waals surface area contributed by atoms with Gasteiger partial charge in [0.15, 0.2) is 23.0 Å². The maximum Gasteiger partial charge on any atom is 0.319 e. The number of hydrogen-bond acceptors (Lipinski definition) is 6. The van der Waals surface area contributed by atoms with Gasteiger partial charge in [-0.3, -0.25) is 0 Å². The fraction of sp³-hybridized carbons (Fsp3) is 0.296. The highest BCUT2D eigenvalue weighted by Crippen LogP contribution is 2.28. The number of rotatable bonds is 12. The lowest BCUT2D eigenvalue weighted by atomic mass is 10.1. The van der Waals surface area contributed by atoms with Crippen molar-refractivity contribution >= 4 is 17.4 Å². The average Bonchev–Trinajstić information content (AvgIpc) is 2.88. The number of nitrogens with one attached hydrogen (secondary N) is 3. The molecular formula is C27H33N3O5. The van der Waals surface area contributed by atoms with Gasteiger partial charge in [0, 0.05) is 24.5 Å². The minimum absolute atomic E-state index is 0.257. The van der Waals surface area contributed by atoms with Gasteiger partial charge in [0.25, 0.3) is 0 Å². The smallest absolute Gasteiger partial charge is 0.319 e. The maximum absolute atomic E-state index is 12.3. The fourth-order valence-electron chi connectivity index (χ4n) is 3.63. The monoisotopic (exact) mass is 479 g/mol. The highest BCUT2D eigenvalue weighted by atomic mass is 16.5. The first kappa shape index (κ1) is 25.6. The molecule has 3 aromatic carbocycles. The molecule has 0 radical (unpaired) electrons. The van der Waals surface area contributed by atoms with E-state index < -0.39 is 0 Å². The first-order valence-electron chi connectivity index (χ1n) is 11.4. The van der Waals surface area contributed by atoms with Gasteiger partial charge in [0.2, 0.25) is 0 Å². The molecular weight excluding hydrogens is 446 g/mol. The van der Waals surface area contributed by atoms with Gasteiger partial charge < -0.3 is 34.9 Å². The Morgan fingerprint density at radius 1 is 0.657 bits per heavy atom. The molecule has 0 aliphatic rings. The third-order valence-electron chi connectivity index (χ3n) is 5.46. The lowest BCUT2D eigenvalue weighted by Crippen LogP contribution is -2.30. The molecule has 0 spiro atoms. The van der Waals surface area contributed by atoms with Crippen LogP contribution in [-0.2, 0) is 12.8 Å². The number of ether oxygens (including phenoxy) is 4. The molecule has 0 unspecified atom stereocenters. The summed E-state index contributed by atoms with van der Waals surface area (Å²) < 4.78 is 21.2. The SMILES string of the molecule is COc1ccc(CCNC(=O)Nc2cccc(NCCc3ccc(OC)c(OC)c3)c2)cc1OC. The predicted octanol–water partition coefficient (Wildman–Crippen LogP) is 4.74. The van der Waals surface area contributed by atoms with E-state index in [0.29, 0.717) is 41.7 Å². The van der Waals surface area contributed by atoms with Crippen LogP contribution < -0.4 is 34.9 Å². The summed E-state index contributed by atoms with van der Waals surface area (Å²) in [7, 11) is 6.46. The highest BCUT2D eigenvalue weighted by molar-refractivity contribution is 5.89. The zero-order chi connectivity index (χ0) is 25.0. The molecule has 0 aliphatic carbocycles. The van der Waals surface area contributed by atoms with Crippen LogP contribution in [0.15, 0.2) is 60.7 Å². The minimum Gasteiger partial charge on any atom is -0.493 e. The Hall–Kier alpha value is -4.07. The molecule has 0 saturated heterocycles. The van der Waals surface area contributed by atoms with Crippen LogP contribution in [0.25, 0.3) is 0 Å². The van der Waals surface area contributed by atoms with Gasteiger partial charge >= 0.3 is 6.03 Å². The molecule has 186 valence electrons. The summed E-state index contributed by atoms with van der Waals surface area (Å²) in [5, 5.41) is 9.16. The van der Waals surface area contributed by atoms with Gasteiger partial charge in [0.1, 0.15) is 0 Å². The van der Waals surface area contributed by atoms with Crippen molar-refractivity contribution in [1.82, 2.24) is 5.32 Å². The zero-order valence-electron chi connectivity index (χ0n) is 20.6. The number of hydrogen-bond donors (Lipinski definition) is 3. The van der Waals surface area contributed by atoms with Gasteiger partial charge in [-0.05, 0) is 66.4 Å². The number of carbonyl (C=O) groups excluding carboxylic acids is 1. The van der Waals surface area contributed by atoms with Crippen LogP contribution in [0.4, 0.5) is 16.2 Å². The van der Waals surface area contributed by atoms with Crippen molar-refractivity contribution in [2.45, 2.75) is 12.8 Å². The summed E-state index contributed by atoms with van der Waals surface area (Å²) in [6, 6.07) is 19.0. The van der Waals surface area contributed by atoms with Crippen LogP contribution in [0.3, 0.4) is 0 Å². The van der Waals surface area contributed by atoms with Gasteiger partial charge in [-0.25, -0.2) is 4.79 Å². The molecule has 0 heterocycles. The van der Waals surface area contributed by atoms with Crippen LogP contribution in [0, 0.1) is 0 Å². The third kappa shape index (κ3) is 7.46. The molecule has 3 aromatic rings. The Morgan fingerprint density at radius 2 is 1.20 bits per heavy atom. The zero-order valence-corrected chi connectivity index (χ0v) is 20.6. The topological polar surface area (TPSA) is 90.1 Å². The Kier molecular flexibility index (Phi) is 9.48. The van der Waals surface area contributed by atoms with Gasteiger partial charge in [-0.2, -0.15) is 0 Å². The van der Waals surface area contributed by atoms with Crippen LogP contribution >= 0.6 is 0 Å². The second-order valence-corrected chi connectivity index (χ2v) is 7.77. The van der Waals surface area contributed by atoms with E-state index in [9.17, 15) is 4.79 Å². The molecule has 3 rings (SSSR count). The largest absolute Gasteiger partial charge is 0.493 e. The van der Waals surface area contributed by atoms with Crippen LogP contribution in [0.2, 0.25) is 0 Å². The highest BCUT2D eigenvalue weighted by Gasteiger charge is 2.07. The minimum atomic E-state index is -0.257. The summed E-state index contributed by atoms with van der Waals surface area (Å²) in [5.74, 6) is 2.78. The van der Waals surface area contributed by atoms with Gasteiger partial charge in [0.05, 0.1) is 28.4 Å². The molecule has 35 heavy (non-hydrogen) atoms. The number of methoxy groups -OCH3 is 4. The third-order valence-corrected chi connectivity index (χ3v) is 5.46. The molecule has 0 aliphatic heterocycles. The molecule has 0 bridgehead atoms. The van der Waals surface area contributed by atoms with E-state index in [0.717, 1.165) is 29.8 Å². The fourth-order valence-corrected chi connectivity index (χ4v) is 3.63. The van der Waals surface area contributed by atoms with Crippen molar-refractivity contribution in [3.63, 3.8) is 0 Å². The number of carbonyl (C=O) groups is 1. The number of amides is 2. The maximum atomic E-state index is 12.3. The molecule has 0 atom stereocenters. The second-order valence-electron chi connectivity index (χ2n) is 7.77. The van der Waals surface area contributed by atoms with E-state index in [2.05, 4.69) is 16.0 Å². The quantitative estimate of drug-likeness (QED) is 0.348. The summed E-state index contributed by atoms with van der Waals surface area (Å²) in [6.45, 7) is 1.22. The average molecular weight is 480 g/mol. The van der Waals surface area contributed by atoms with Crippen LogP contribution in [0.1, 0.15) is 11.1 Å². The number of benzene rings is 3. The molecule has 8 heteroatoms. The number of anilines is 2. The van der Waals surface area contributed by atoms with E-state index in [1.165, 1.54) is 0 Å². The summed E-state index contributed by atoms with van der Waals surface area (Å²) in [5.41, 5.74) is 3.82. The molecule has 8 nitrogen and oxygen atoms in total. The first-order valence-corrected chi connectivity index (χ1v) is 11.4. The molecule has 0 aromatic heterocycles. The van der Waals surface area contributed by atoms with E-state index in [4.69, 9.17) is 18.9 Å². The van der Waals surface area contributed by atoms with E-state index >= 15 is 0 Å². The van der Waals surface area contributed by atoms with Crippen molar-refractivity contribution in [3.05, 3.63) is 71.8 Å². The standard InChI is InChI=1S/C27H33N3O5/c1-32-23-10-8-19(16-25(23)34-3)12-14-28-21-6-5-7-22(18-21)30-27(31)29-15-13-20-9-11-24(33-2)26(17-20)35-4/h5-11,16-18,28H,12-15H2,1-4H3,(H2,29,30,31). The molecule has 2 amide bonds. The Balaban J connectivity index is 1.45. The summed E-state index contributed by atoms with van der Waals surface area (Å²) >= 11 is 0. The van der Waals surface area contributed by atoms with Crippen molar-refractivity contribution in [2.75, 3.05) is 52.2 Å². The van der Waals surface area contributed by atoms with Crippen molar-refractivity contribution < 1.29 is 23.7 Å². The van der Waals surface area contributed by atoms with E-state index in [1.807, 2.05) is 60.7 Å². The van der Waals surface area contributed by atoms with Crippen LogP contribution in [0.5, 0.6) is 23.0 Å². The van der Waals surface area contributed by atoms with Crippen molar-refractivity contribution in [1.29, 1.82) is 0 Å². The Morgan fingerprint density at radius 3 is 1.77 bits per heavy atom. The second kappa shape index (κ2) is 13.0. The van der Waals surface area contributed by atoms with Crippen molar-refractivity contribution in [3.8, 4) is 23.0 Å². The first-order chi connectivity index (χ1) is 17.1. The normalized spacial score (nSPS) is 10.3. The van der Waals surface area contributed by atoms with E-state index in [-0.39, 0.29) is 6.03 Å². The lowest BCUT2D eigenvalue weighted by molar-refractivity contribution is 0.252. The van der Waals surface area contributed by atoms with Crippen molar-refractivity contribution in [2.24, 2.45) is 0 Å². The number of urea groups is 1. The Labute approximate surface area is 206 Å². The van der Waals surface area contributed by atoms with Gasteiger partial charge in [-0.15, -0.1) is 0 Å². The van der Waals surface area contributed by atoms with E-state index in [1.54, 1.807) is 28.4 Å². The van der Waals surface area contributed by atoms with Gasteiger partial charge in [-0.1, -0.05) is 18.2 Å². The lowest BCUT2D eigenvalue weighted by Gasteiger charge is -2.12. The summed E-state index contributed by atoms with van der Waals surface area (Å²) in [6.07, 6.45) is 1.49. The van der Waals surface area contributed by atoms with Crippen LogP contribution in [-0.4, -0.2) is 47.6 Å². The summed E-state index contributed by atoms with van der Waals surface area (Å²) in [4.78, 5) is 12.3. The predicted molar refractivity (Wildman–Crippen MR) is 138 cm³/mol. The molecule has 3 N–H and O–H groups in total.